The van der Waals surface area contributed by atoms with E-state index >= 15 is 0 Å². The van der Waals surface area contributed by atoms with Crippen molar-refractivity contribution in [2.45, 2.75) is 43.4 Å². The molecule has 0 radical (unpaired) electrons. The number of carbonyl (C=O) groups excluding carboxylic acids is 3. The summed E-state index contributed by atoms with van der Waals surface area (Å²) in [6, 6.07) is -0.452. The molecule has 25 heavy (non-hydrogen) atoms. The van der Waals surface area contributed by atoms with Crippen molar-refractivity contribution in [1.82, 2.24) is 20.9 Å². The van der Waals surface area contributed by atoms with Crippen LogP contribution in [-0.2, 0) is 19.4 Å². The number of amides is 4. The van der Waals surface area contributed by atoms with Crippen molar-refractivity contribution < 1.29 is 22.8 Å². The number of hydrogen-bond donors (Lipinski definition) is 3. The van der Waals surface area contributed by atoms with E-state index in [2.05, 4.69) is 16.0 Å². The first-order valence-electron chi connectivity index (χ1n) is 8.34. The summed E-state index contributed by atoms with van der Waals surface area (Å²) >= 11 is 0. The van der Waals surface area contributed by atoms with Crippen molar-refractivity contribution in [3.8, 4) is 0 Å². The van der Waals surface area contributed by atoms with E-state index in [1.807, 2.05) is 0 Å². The Morgan fingerprint density at radius 3 is 2.32 bits per heavy atom. The molecule has 2 fully saturated rings. The zero-order valence-corrected chi connectivity index (χ0v) is 15.7. The minimum absolute atomic E-state index is 0.168. The van der Waals surface area contributed by atoms with Gasteiger partial charge in [-0.2, -0.15) is 0 Å². The molecule has 3 N–H and O–H groups in total. The Kier molecular flexibility index (Phi) is 5.43. The van der Waals surface area contributed by atoms with E-state index in [1.54, 1.807) is 13.8 Å². The monoisotopic (exact) mass is 374 g/mol. The third kappa shape index (κ3) is 3.79. The van der Waals surface area contributed by atoms with Gasteiger partial charge in [0, 0.05) is 19.3 Å². The maximum atomic E-state index is 12.5. The van der Waals surface area contributed by atoms with Crippen molar-refractivity contribution >= 4 is 27.7 Å². The summed E-state index contributed by atoms with van der Waals surface area (Å²) in [7, 11) is -3.55. The molecule has 0 bridgehead atoms. The normalized spacial score (nSPS) is 22.6. The number of rotatable bonds is 6. The van der Waals surface area contributed by atoms with Crippen molar-refractivity contribution in [3.05, 3.63) is 0 Å². The van der Waals surface area contributed by atoms with E-state index in [9.17, 15) is 22.8 Å². The van der Waals surface area contributed by atoms with Gasteiger partial charge >= 0.3 is 6.03 Å². The van der Waals surface area contributed by atoms with Crippen LogP contribution in [0.4, 0.5) is 4.79 Å². The Labute approximate surface area is 147 Å². The molecule has 0 aromatic rings. The standard InChI is InChI=1S/C15H26N4O5S/c1-14(2)12(21)19(13(22)18-14)10-4-7-17-11(20)15(25(3,23)24)5-8-16-9-6-15/h16H,4-10H2,1-3H3,(H,17,20)(H,18,22). The molecule has 142 valence electrons. The summed E-state index contributed by atoms with van der Waals surface area (Å²) in [5, 5.41) is 8.30. The van der Waals surface area contributed by atoms with Crippen LogP contribution in [0.5, 0.6) is 0 Å². The van der Waals surface area contributed by atoms with Gasteiger partial charge in [-0.05, 0) is 46.2 Å². The number of nitrogens with zero attached hydrogens (tertiary/aromatic N) is 1. The summed E-state index contributed by atoms with van der Waals surface area (Å²) in [4.78, 5) is 37.5. The summed E-state index contributed by atoms with van der Waals surface area (Å²) in [6.45, 7) is 4.56. The van der Waals surface area contributed by atoms with Crippen LogP contribution >= 0.6 is 0 Å². The Hall–Kier alpha value is -1.68. The molecule has 0 aliphatic carbocycles. The molecule has 10 heteroatoms. The molecular weight excluding hydrogens is 348 g/mol. The van der Waals surface area contributed by atoms with Gasteiger partial charge in [-0.3, -0.25) is 14.5 Å². The molecule has 9 nitrogen and oxygen atoms in total. The number of carbonyl (C=O) groups is 3. The molecule has 0 saturated carbocycles. The predicted octanol–water partition coefficient (Wildman–Crippen LogP) is -1.01. The number of sulfone groups is 1. The van der Waals surface area contributed by atoms with E-state index in [1.165, 1.54) is 0 Å². The zero-order chi connectivity index (χ0) is 18.9. The minimum Gasteiger partial charge on any atom is -0.355 e. The summed E-state index contributed by atoms with van der Waals surface area (Å²) < 4.78 is 22.9. The summed E-state index contributed by atoms with van der Waals surface area (Å²) in [5.41, 5.74) is -0.921. The van der Waals surface area contributed by atoms with E-state index in [0.29, 0.717) is 19.5 Å². The lowest BCUT2D eigenvalue weighted by Crippen LogP contribution is -2.57. The molecule has 4 amide bonds. The second-order valence-electron chi connectivity index (χ2n) is 7.14. The van der Waals surface area contributed by atoms with Crippen LogP contribution in [0.15, 0.2) is 0 Å². The Morgan fingerprint density at radius 2 is 1.84 bits per heavy atom. The maximum Gasteiger partial charge on any atom is 0.325 e. The highest BCUT2D eigenvalue weighted by molar-refractivity contribution is 7.92. The third-order valence-electron chi connectivity index (χ3n) is 4.82. The number of nitrogens with one attached hydrogen (secondary N) is 3. The van der Waals surface area contributed by atoms with Gasteiger partial charge in [0.25, 0.3) is 5.91 Å². The van der Waals surface area contributed by atoms with E-state index in [0.717, 1.165) is 11.2 Å². The number of urea groups is 1. The molecule has 0 atom stereocenters. The smallest absolute Gasteiger partial charge is 0.325 e. The zero-order valence-electron chi connectivity index (χ0n) is 14.8. The fourth-order valence-electron chi connectivity index (χ4n) is 3.22. The molecule has 0 aromatic carbocycles. The summed E-state index contributed by atoms with van der Waals surface area (Å²) in [6.07, 6.45) is 1.92. The lowest BCUT2D eigenvalue weighted by atomic mass is 9.96. The number of imide groups is 1. The van der Waals surface area contributed by atoms with Crippen LogP contribution < -0.4 is 16.0 Å². The first-order chi connectivity index (χ1) is 11.5. The average Bonchev–Trinajstić information content (AvgIpc) is 2.72. The molecule has 0 unspecified atom stereocenters. The van der Waals surface area contributed by atoms with Crippen LogP contribution in [0.3, 0.4) is 0 Å². The highest BCUT2D eigenvalue weighted by Crippen LogP contribution is 2.28. The molecule has 0 aromatic heterocycles. The van der Waals surface area contributed by atoms with Crippen molar-refractivity contribution in [2.24, 2.45) is 0 Å². The molecular formula is C15H26N4O5S. The van der Waals surface area contributed by atoms with Gasteiger partial charge in [-0.1, -0.05) is 0 Å². The SMILES string of the molecule is CC1(C)NC(=O)N(CCCNC(=O)C2(S(C)(=O)=O)CCNCC2)C1=O. The van der Waals surface area contributed by atoms with Gasteiger partial charge in [0.1, 0.15) is 5.54 Å². The lowest BCUT2D eigenvalue weighted by molar-refractivity contribution is -0.130. The average molecular weight is 374 g/mol. The highest BCUT2D eigenvalue weighted by atomic mass is 32.2. The van der Waals surface area contributed by atoms with Crippen LogP contribution in [0, 0.1) is 0 Å². The van der Waals surface area contributed by atoms with Crippen LogP contribution in [-0.4, -0.2) is 73.9 Å². The van der Waals surface area contributed by atoms with Gasteiger partial charge in [-0.25, -0.2) is 13.2 Å². The largest absolute Gasteiger partial charge is 0.355 e. The van der Waals surface area contributed by atoms with E-state index < -0.39 is 32.1 Å². The molecule has 2 heterocycles. The quantitative estimate of drug-likeness (QED) is 0.404. The van der Waals surface area contributed by atoms with Crippen molar-refractivity contribution in [2.75, 3.05) is 32.4 Å². The van der Waals surface area contributed by atoms with Gasteiger partial charge in [0.2, 0.25) is 5.91 Å². The fourth-order valence-corrected chi connectivity index (χ4v) is 4.57. The molecule has 2 rings (SSSR count). The van der Waals surface area contributed by atoms with E-state index in [-0.39, 0.29) is 31.8 Å². The predicted molar refractivity (Wildman–Crippen MR) is 91.6 cm³/mol. The van der Waals surface area contributed by atoms with Gasteiger partial charge in [0.15, 0.2) is 14.6 Å². The molecule has 2 aliphatic heterocycles. The molecule has 2 aliphatic rings. The second-order valence-corrected chi connectivity index (χ2v) is 9.46. The first-order valence-corrected chi connectivity index (χ1v) is 10.2. The van der Waals surface area contributed by atoms with Gasteiger partial charge in [-0.15, -0.1) is 0 Å². The Balaban J connectivity index is 1.90. The third-order valence-corrected chi connectivity index (χ3v) is 6.84. The molecule has 2 saturated heterocycles. The minimum atomic E-state index is -3.55. The van der Waals surface area contributed by atoms with Crippen LogP contribution in [0.25, 0.3) is 0 Å². The number of hydrogen-bond acceptors (Lipinski definition) is 6. The van der Waals surface area contributed by atoms with Crippen LogP contribution in [0.1, 0.15) is 33.1 Å². The second kappa shape index (κ2) is 6.91. The Morgan fingerprint density at radius 1 is 1.24 bits per heavy atom. The van der Waals surface area contributed by atoms with E-state index in [4.69, 9.17) is 0 Å². The first kappa shape index (κ1) is 19.6. The molecule has 0 spiro atoms. The highest BCUT2D eigenvalue weighted by Gasteiger charge is 2.48. The topological polar surface area (TPSA) is 125 Å². The Bertz CT molecular complexity index is 667. The fraction of sp³-hybridized carbons (Fsp3) is 0.800. The van der Waals surface area contributed by atoms with Crippen molar-refractivity contribution in [3.63, 3.8) is 0 Å². The van der Waals surface area contributed by atoms with Gasteiger partial charge < -0.3 is 16.0 Å². The lowest BCUT2D eigenvalue weighted by Gasteiger charge is -2.34. The van der Waals surface area contributed by atoms with Crippen LogP contribution in [0.2, 0.25) is 0 Å². The van der Waals surface area contributed by atoms with Gasteiger partial charge in [0.05, 0.1) is 0 Å². The number of piperidine rings is 1. The summed E-state index contributed by atoms with van der Waals surface area (Å²) in [5.74, 6) is -0.816. The maximum absolute atomic E-state index is 12.5. The van der Waals surface area contributed by atoms with Crippen molar-refractivity contribution in [1.29, 1.82) is 0 Å².